The van der Waals surface area contributed by atoms with Crippen molar-refractivity contribution in [1.82, 2.24) is 5.32 Å². The smallest absolute Gasteiger partial charge is 0.121 e. The molecule has 0 amide bonds. The van der Waals surface area contributed by atoms with Crippen molar-refractivity contribution in [3.63, 3.8) is 0 Å². The second kappa shape index (κ2) is 6.42. The lowest BCUT2D eigenvalue weighted by Gasteiger charge is -2.20. The van der Waals surface area contributed by atoms with Crippen molar-refractivity contribution in [2.75, 3.05) is 14.2 Å². The number of halogens is 1. The molecular weight excluding hydrogens is 314 g/mol. The molecule has 106 valence electrons. The Morgan fingerprint density at radius 1 is 1.10 bits per heavy atom. The molecule has 1 atom stereocenters. The fourth-order valence-electron chi connectivity index (χ4n) is 2.48. The number of hydrogen-bond acceptors (Lipinski definition) is 2. The summed E-state index contributed by atoms with van der Waals surface area (Å²) < 4.78 is 6.49. The molecule has 2 aromatic carbocycles. The zero-order valence-corrected chi connectivity index (χ0v) is 13.9. The first kappa shape index (κ1) is 15.1. The largest absolute Gasteiger partial charge is 0.496 e. The highest BCUT2D eigenvalue weighted by molar-refractivity contribution is 9.10. The van der Waals surface area contributed by atoms with Crippen molar-refractivity contribution in [1.29, 1.82) is 0 Å². The average Bonchev–Trinajstić information content (AvgIpc) is 2.44. The Bertz CT molecular complexity index is 610. The average molecular weight is 334 g/mol. The van der Waals surface area contributed by atoms with E-state index in [2.05, 4.69) is 65.4 Å². The predicted octanol–water partition coefficient (Wildman–Crippen LogP) is 4.38. The number of benzene rings is 2. The highest BCUT2D eigenvalue weighted by Gasteiger charge is 2.16. The van der Waals surface area contributed by atoms with Crippen LogP contribution in [0.25, 0.3) is 0 Å². The van der Waals surface area contributed by atoms with Crippen LogP contribution in [0.1, 0.15) is 28.3 Å². The van der Waals surface area contributed by atoms with Crippen LogP contribution in [-0.4, -0.2) is 14.2 Å². The third-order valence-corrected chi connectivity index (χ3v) is 4.66. The zero-order valence-electron chi connectivity index (χ0n) is 12.3. The molecule has 0 aliphatic rings. The molecule has 0 heterocycles. The first-order valence-electron chi connectivity index (χ1n) is 6.65. The Balaban J connectivity index is 2.47. The van der Waals surface area contributed by atoms with Crippen molar-refractivity contribution in [2.24, 2.45) is 0 Å². The quantitative estimate of drug-likeness (QED) is 0.896. The maximum Gasteiger partial charge on any atom is 0.121 e. The summed E-state index contributed by atoms with van der Waals surface area (Å²) >= 11 is 3.70. The fourth-order valence-corrected chi connectivity index (χ4v) is 2.97. The van der Waals surface area contributed by atoms with Gasteiger partial charge >= 0.3 is 0 Å². The van der Waals surface area contributed by atoms with Gasteiger partial charge in [-0.1, -0.05) is 46.3 Å². The van der Waals surface area contributed by atoms with E-state index < -0.39 is 0 Å². The number of methoxy groups -OCH3 is 1. The molecule has 0 spiro atoms. The highest BCUT2D eigenvalue weighted by Crippen LogP contribution is 2.32. The second-order valence-corrected chi connectivity index (χ2v) is 5.72. The minimum absolute atomic E-state index is 0.161. The maximum atomic E-state index is 5.33. The van der Waals surface area contributed by atoms with Crippen molar-refractivity contribution in [3.05, 3.63) is 63.1 Å². The summed E-state index contributed by atoms with van der Waals surface area (Å²) in [5.41, 5.74) is 4.87. The maximum absolute atomic E-state index is 5.33. The van der Waals surface area contributed by atoms with Crippen LogP contribution in [0.5, 0.6) is 5.75 Å². The van der Waals surface area contributed by atoms with Gasteiger partial charge in [-0.2, -0.15) is 0 Å². The molecule has 0 bridgehead atoms. The SMILES string of the molecule is CNC(c1ccc(OC)c(C)c1)c1cccc(C)c1Br. The Morgan fingerprint density at radius 2 is 1.85 bits per heavy atom. The first-order chi connectivity index (χ1) is 9.58. The van der Waals surface area contributed by atoms with E-state index in [0.717, 1.165) is 15.8 Å². The normalized spacial score (nSPS) is 12.2. The first-order valence-corrected chi connectivity index (χ1v) is 7.44. The lowest BCUT2D eigenvalue weighted by atomic mass is 9.96. The molecule has 2 rings (SSSR count). The zero-order chi connectivity index (χ0) is 14.7. The molecular formula is C17H20BrNO. The van der Waals surface area contributed by atoms with Gasteiger partial charge in [0.2, 0.25) is 0 Å². The summed E-state index contributed by atoms with van der Waals surface area (Å²) in [5.74, 6) is 0.923. The van der Waals surface area contributed by atoms with E-state index in [1.807, 2.05) is 13.1 Å². The van der Waals surface area contributed by atoms with Crippen LogP contribution in [0.15, 0.2) is 40.9 Å². The molecule has 0 aliphatic heterocycles. The number of nitrogens with one attached hydrogen (secondary N) is 1. The van der Waals surface area contributed by atoms with Crippen LogP contribution in [0.4, 0.5) is 0 Å². The molecule has 0 radical (unpaired) electrons. The van der Waals surface area contributed by atoms with Gasteiger partial charge in [-0.3, -0.25) is 0 Å². The van der Waals surface area contributed by atoms with Crippen LogP contribution >= 0.6 is 15.9 Å². The fraction of sp³-hybridized carbons (Fsp3) is 0.294. The summed E-state index contributed by atoms with van der Waals surface area (Å²) in [4.78, 5) is 0. The van der Waals surface area contributed by atoms with Gasteiger partial charge in [-0.15, -0.1) is 0 Å². The van der Waals surface area contributed by atoms with Crippen LogP contribution < -0.4 is 10.1 Å². The third-order valence-electron chi connectivity index (χ3n) is 3.57. The van der Waals surface area contributed by atoms with Crippen LogP contribution in [0.2, 0.25) is 0 Å². The lowest BCUT2D eigenvalue weighted by molar-refractivity contribution is 0.411. The Hall–Kier alpha value is -1.32. The summed E-state index contributed by atoms with van der Waals surface area (Å²) in [5, 5.41) is 3.40. The molecule has 0 saturated heterocycles. The lowest BCUT2D eigenvalue weighted by Crippen LogP contribution is -2.18. The van der Waals surface area contributed by atoms with Gasteiger partial charge in [0.15, 0.2) is 0 Å². The van der Waals surface area contributed by atoms with E-state index in [9.17, 15) is 0 Å². The topological polar surface area (TPSA) is 21.3 Å². The van der Waals surface area contributed by atoms with Crippen molar-refractivity contribution in [2.45, 2.75) is 19.9 Å². The van der Waals surface area contributed by atoms with Gasteiger partial charge in [-0.25, -0.2) is 0 Å². The van der Waals surface area contributed by atoms with Gasteiger partial charge < -0.3 is 10.1 Å². The van der Waals surface area contributed by atoms with Crippen LogP contribution in [-0.2, 0) is 0 Å². The summed E-state index contributed by atoms with van der Waals surface area (Å²) in [7, 11) is 3.69. The number of rotatable bonds is 4. The summed E-state index contributed by atoms with van der Waals surface area (Å²) in [6.07, 6.45) is 0. The predicted molar refractivity (Wildman–Crippen MR) is 87.5 cm³/mol. The molecule has 0 aromatic heterocycles. The minimum Gasteiger partial charge on any atom is -0.496 e. The van der Waals surface area contributed by atoms with E-state index in [-0.39, 0.29) is 6.04 Å². The molecule has 20 heavy (non-hydrogen) atoms. The molecule has 2 nitrogen and oxygen atoms in total. The highest BCUT2D eigenvalue weighted by atomic mass is 79.9. The van der Waals surface area contributed by atoms with Crippen molar-refractivity contribution >= 4 is 15.9 Å². The summed E-state index contributed by atoms with van der Waals surface area (Å²) in [6.45, 7) is 4.18. The van der Waals surface area contributed by atoms with Gasteiger partial charge in [0.05, 0.1) is 13.2 Å². The van der Waals surface area contributed by atoms with Crippen molar-refractivity contribution in [3.8, 4) is 5.75 Å². The molecule has 2 aromatic rings. The molecule has 1 N–H and O–H groups in total. The van der Waals surface area contributed by atoms with Crippen LogP contribution in [0, 0.1) is 13.8 Å². The Labute approximate surface area is 129 Å². The standard InChI is InChI=1S/C17H20BrNO/c1-11-6-5-7-14(16(11)18)17(19-3)13-8-9-15(20-4)12(2)10-13/h5-10,17,19H,1-4H3. The van der Waals surface area contributed by atoms with Gasteiger partial charge in [0, 0.05) is 4.47 Å². The Morgan fingerprint density at radius 3 is 2.45 bits per heavy atom. The van der Waals surface area contributed by atoms with Crippen molar-refractivity contribution < 1.29 is 4.74 Å². The van der Waals surface area contributed by atoms with Gasteiger partial charge in [0.25, 0.3) is 0 Å². The number of aryl methyl sites for hydroxylation is 2. The molecule has 0 saturated carbocycles. The van der Waals surface area contributed by atoms with E-state index in [4.69, 9.17) is 4.74 Å². The minimum atomic E-state index is 0.161. The number of ether oxygens (including phenoxy) is 1. The molecule has 3 heteroatoms. The molecule has 0 aliphatic carbocycles. The third kappa shape index (κ3) is 2.89. The van der Waals surface area contributed by atoms with E-state index in [1.165, 1.54) is 16.7 Å². The van der Waals surface area contributed by atoms with E-state index in [0.29, 0.717) is 0 Å². The molecule has 1 unspecified atom stereocenters. The monoisotopic (exact) mass is 333 g/mol. The van der Waals surface area contributed by atoms with E-state index in [1.54, 1.807) is 7.11 Å². The Kier molecular flexibility index (Phi) is 4.84. The molecule has 0 fully saturated rings. The number of hydrogen-bond donors (Lipinski definition) is 1. The van der Waals surface area contributed by atoms with Crippen LogP contribution in [0.3, 0.4) is 0 Å². The van der Waals surface area contributed by atoms with Gasteiger partial charge in [0.1, 0.15) is 5.75 Å². The van der Waals surface area contributed by atoms with Gasteiger partial charge in [-0.05, 0) is 49.2 Å². The second-order valence-electron chi connectivity index (χ2n) is 4.93. The summed E-state index contributed by atoms with van der Waals surface area (Å²) in [6, 6.07) is 12.8. The van der Waals surface area contributed by atoms with E-state index >= 15 is 0 Å².